The van der Waals surface area contributed by atoms with Gasteiger partial charge in [0.25, 0.3) is 11.8 Å². The molecule has 0 unspecified atom stereocenters. The molecule has 2 amide bonds. The number of rotatable bonds is 4. The first kappa shape index (κ1) is 23.8. The molecule has 1 saturated heterocycles. The SMILES string of the molecule is Cc1c(C(=O)N2CCN(C(=O)c3ccccc3)CC2)cc(-c2ccc(Cl)cc2)n1-c1cccc(F)c1. The van der Waals surface area contributed by atoms with Gasteiger partial charge in [-0.3, -0.25) is 9.59 Å². The minimum absolute atomic E-state index is 0.0267. The Kier molecular flexibility index (Phi) is 6.61. The van der Waals surface area contributed by atoms with E-state index in [2.05, 4.69) is 0 Å². The smallest absolute Gasteiger partial charge is 0.255 e. The van der Waals surface area contributed by atoms with Crippen LogP contribution < -0.4 is 0 Å². The summed E-state index contributed by atoms with van der Waals surface area (Å²) in [5.41, 5.74) is 4.19. The largest absolute Gasteiger partial charge is 0.335 e. The zero-order chi connectivity index (χ0) is 25.2. The number of hydrogen-bond donors (Lipinski definition) is 0. The summed E-state index contributed by atoms with van der Waals surface area (Å²) in [5, 5.41) is 0.610. The lowest BCUT2D eigenvalue weighted by Crippen LogP contribution is -2.50. The van der Waals surface area contributed by atoms with Crippen LogP contribution in [0.3, 0.4) is 0 Å². The molecule has 0 bridgehead atoms. The van der Waals surface area contributed by atoms with E-state index in [4.69, 9.17) is 11.6 Å². The second-order valence-corrected chi connectivity index (χ2v) is 9.24. The van der Waals surface area contributed by atoms with Crippen LogP contribution in [0.4, 0.5) is 4.39 Å². The van der Waals surface area contributed by atoms with Gasteiger partial charge in [-0.2, -0.15) is 0 Å². The molecular formula is C29H25ClFN3O2. The molecular weight excluding hydrogens is 477 g/mol. The van der Waals surface area contributed by atoms with Crippen molar-refractivity contribution in [1.82, 2.24) is 14.4 Å². The summed E-state index contributed by atoms with van der Waals surface area (Å²) in [5.74, 6) is -0.486. The molecule has 7 heteroatoms. The minimum atomic E-state index is -0.352. The van der Waals surface area contributed by atoms with Crippen molar-refractivity contribution in [2.75, 3.05) is 26.2 Å². The Morgan fingerprint density at radius 1 is 0.778 bits per heavy atom. The molecule has 2 heterocycles. The predicted octanol–water partition coefficient (Wildman–Crippen LogP) is 5.84. The van der Waals surface area contributed by atoms with Crippen LogP contribution in [0.2, 0.25) is 5.02 Å². The summed E-state index contributed by atoms with van der Waals surface area (Å²) in [4.78, 5) is 30.0. The first-order chi connectivity index (χ1) is 17.4. The molecule has 0 radical (unpaired) electrons. The number of piperazine rings is 1. The van der Waals surface area contributed by atoms with Crippen molar-refractivity contribution in [1.29, 1.82) is 0 Å². The molecule has 1 aliphatic rings. The summed E-state index contributed by atoms with van der Waals surface area (Å²) in [6.45, 7) is 3.68. The third-order valence-corrected chi connectivity index (χ3v) is 6.81. The Hall–Kier alpha value is -3.90. The first-order valence-corrected chi connectivity index (χ1v) is 12.2. The zero-order valence-electron chi connectivity index (χ0n) is 19.8. The second-order valence-electron chi connectivity index (χ2n) is 8.80. The van der Waals surface area contributed by atoms with E-state index in [9.17, 15) is 14.0 Å². The highest BCUT2D eigenvalue weighted by atomic mass is 35.5. The highest BCUT2D eigenvalue weighted by molar-refractivity contribution is 6.30. The molecule has 0 saturated carbocycles. The van der Waals surface area contributed by atoms with Gasteiger partial charge in [-0.05, 0) is 61.0 Å². The van der Waals surface area contributed by atoms with Crippen molar-refractivity contribution in [2.45, 2.75) is 6.92 Å². The monoisotopic (exact) mass is 501 g/mol. The Morgan fingerprint density at radius 3 is 2.06 bits per heavy atom. The number of carbonyl (C=O) groups is 2. The lowest BCUT2D eigenvalue weighted by atomic mass is 10.1. The van der Waals surface area contributed by atoms with E-state index in [0.717, 1.165) is 17.0 Å². The molecule has 4 aromatic rings. The molecule has 0 N–H and O–H groups in total. The third-order valence-electron chi connectivity index (χ3n) is 6.56. The van der Waals surface area contributed by atoms with Gasteiger partial charge in [0.2, 0.25) is 0 Å². The van der Waals surface area contributed by atoms with Crippen LogP contribution in [0.15, 0.2) is 84.9 Å². The minimum Gasteiger partial charge on any atom is -0.335 e. The molecule has 0 spiro atoms. The van der Waals surface area contributed by atoms with Crippen LogP contribution in [-0.4, -0.2) is 52.4 Å². The fourth-order valence-electron chi connectivity index (χ4n) is 4.65. The Bertz CT molecular complexity index is 1410. The first-order valence-electron chi connectivity index (χ1n) is 11.8. The van der Waals surface area contributed by atoms with E-state index < -0.39 is 0 Å². The van der Waals surface area contributed by atoms with Crippen LogP contribution >= 0.6 is 11.6 Å². The lowest BCUT2D eigenvalue weighted by molar-refractivity contribution is 0.0535. The maximum atomic E-state index is 14.1. The summed E-state index contributed by atoms with van der Waals surface area (Å²) in [7, 11) is 0. The number of aromatic nitrogens is 1. The van der Waals surface area contributed by atoms with Crippen LogP contribution in [0.25, 0.3) is 16.9 Å². The molecule has 36 heavy (non-hydrogen) atoms. The van der Waals surface area contributed by atoms with Crippen molar-refractivity contribution >= 4 is 23.4 Å². The third kappa shape index (κ3) is 4.64. The van der Waals surface area contributed by atoms with Crippen LogP contribution in [-0.2, 0) is 0 Å². The topological polar surface area (TPSA) is 45.6 Å². The van der Waals surface area contributed by atoms with Crippen molar-refractivity contribution in [3.8, 4) is 16.9 Å². The van der Waals surface area contributed by atoms with Crippen LogP contribution in [0.5, 0.6) is 0 Å². The maximum Gasteiger partial charge on any atom is 0.255 e. The fourth-order valence-corrected chi connectivity index (χ4v) is 4.78. The van der Waals surface area contributed by atoms with Gasteiger partial charge in [-0.25, -0.2) is 4.39 Å². The Morgan fingerprint density at radius 2 is 1.42 bits per heavy atom. The normalized spacial score (nSPS) is 13.6. The molecule has 5 nitrogen and oxygen atoms in total. The van der Waals surface area contributed by atoms with E-state index in [1.54, 1.807) is 40.1 Å². The van der Waals surface area contributed by atoms with E-state index in [1.807, 2.05) is 54.0 Å². The molecule has 3 aromatic carbocycles. The molecule has 1 aliphatic heterocycles. The zero-order valence-corrected chi connectivity index (χ0v) is 20.6. The van der Waals surface area contributed by atoms with Crippen LogP contribution in [0, 0.1) is 12.7 Å². The van der Waals surface area contributed by atoms with Crippen molar-refractivity contribution < 1.29 is 14.0 Å². The van der Waals surface area contributed by atoms with Gasteiger partial charge >= 0.3 is 0 Å². The summed E-state index contributed by atoms with van der Waals surface area (Å²) < 4.78 is 16.0. The number of halogens is 2. The van der Waals surface area contributed by atoms with Crippen molar-refractivity contribution in [2.24, 2.45) is 0 Å². The van der Waals surface area contributed by atoms with Crippen molar-refractivity contribution in [3.05, 3.63) is 113 Å². The van der Waals surface area contributed by atoms with Crippen LogP contribution in [0.1, 0.15) is 26.4 Å². The average Bonchev–Trinajstić information content (AvgIpc) is 3.25. The fraction of sp³-hybridized carbons (Fsp3) is 0.172. The van der Waals surface area contributed by atoms with E-state index in [1.165, 1.54) is 12.1 Å². The van der Waals surface area contributed by atoms with Gasteiger partial charge in [0.05, 0.1) is 11.3 Å². The molecule has 1 aromatic heterocycles. The second kappa shape index (κ2) is 9.99. The highest BCUT2D eigenvalue weighted by Gasteiger charge is 2.28. The highest BCUT2D eigenvalue weighted by Crippen LogP contribution is 2.31. The summed E-state index contributed by atoms with van der Waals surface area (Å²) in [6.07, 6.45) is 0. The molecule has 1 fully saturated rings. The number of nitrogens with zero attached hydrogens (tertiary/aromatic N) is 3. The average molecular weight is 502 g/mol. The van der Waals surface area contributed by atoms with Gasteiger partial charge in [0.15, 0.2) is 0 Å². The maximum absolute atomic E-state index is 14.1. The summed E-state index contributed by atoms with van der Waals surface area (Å²) in [6, 6.07) is 24.7. The molecule has 5 rings (SSSR count). The standard InChI is InChI=1S/C29H25ClFN3O2/c1-20-26(29(36)33-16-14-32(15-17-33)28(35)22-6-3-2-4-7-22)19-27(21-10-12-23(30)13-11-21)34(20)25-9-5-8-24(31)18-25/h2-13,18-19H,14-17H2,1H3. The van der Waals surface area contributed by atoms with Gasteiger partial charge in [0.1, 0.15) is 5.82 Å². The number of amides is 2. The van der Waals surface area contributed by atoms with Crippen molar-refractivity contribution in [3.63, 3.8) is 0 Å². The molecule has 182 valence electrons. The van der Waals surface area contributed by atoms with Gasteiger partial charge in [0, 0.05) is 48.1 Å². The molecule has 0 aliphatic carbocycles. The molecule has 0 atom stereocenters. The Balaban J connectivity index is 1.43. The van der Waals surface area contributed by atoms with E-state index in [0.29, 0.717) is 48.0 Å². The van der Waals surface area contributed by atoms with Gasteiger partial charge in [-0.15, -0.1) is 0 Å². The lowest BCUT2D eigenvalue weighted by Gasteiger charge is -2.34. The number of hydrogen-bond acceptors (Lipinski definition) is 2. The predicted molar refractivity (Wildman–Crippen MR) is 139 cm³/mol. The Labute approximate surface area is 214 Å². The van der Waals surface area contributed by atoms with E-state index >= 15 is 0 Å². The van der Waals surface area contributed by atoms with Gasteiger partial charge in [-0.1, -0.05) is 48.0 Å². The van der Waals surface area contributed by atoms with Gasteiger partial charge < -0.3 is 14.4 Å². The van der Waals surface area contributed by atoms with E-state index in [-0.39, 0.29) is 17.6 Å². The summed E-state index contributed by atoms with van der Waals surface area (Å²) >= 11 is 6.09. The quantitative estimate of drug-likeness (QED) is 0.352. The number of carbonyl (C=O) groups excluding carboxylic acids is 2. The number of benzene rings is 3.